The van der Waals surface area contributed by atoms with E-state index < -0.39 is 0 Å². The average molecular weight is 282 g/mol. The summed E-state index contributed by atoms with van der Waals surface area (Å²) in [5, 5.41) is 0. The average Bonchev–Trinajstić information content (AvgIpc) is 2.47. The highest BCUT2D eigenvalue weighted by Gasteiger charge is 2.19. The summed E-state index contributed by atoms with van der Waals surface area (Å²) in [7, 11) is 0. The molecule has 0 amide bonds. The fourth-order valence-corrected chi connectivity index (χ4v) is 3.86. The van der Waals surface area contributed by atoms with Gasteiger partial charge in [0, 0.05) is 0 Å². The Kier molecular flexibility index (Phi) is 11.4. The molecular formula is C19H39N. The van der Waals surface area contributed by atoms with Crippen LogP contribution in [0.25, 0.3) is 0 Å². The molecular weight excluding hydrogens is 242 g/mol. The molecule has 0 aromatic carbocycles. The van der Waals surface area contributed by atoms with Gasteiger partial charge in [0.2, 0.25) is 0 Å². The van der Waals surface area contributed by atoms with Gasteiger partial charge in [-0.1, -0.05) is 96.8 Å². The van der Waals surface area contributed by atoms with Crippen LogP contribution in [-0.4, -0.2) is 6.54 Å². The number of hydrogen-bond donors (Lipinski definition) is 1. The van der Waals surface area contributed by atoms with Crippen LogP contribution in [0.2, 0.25) is 0 Å². The van der Waals surface area contributed by atoms with E-state index in [0.29, 0.717) is 0 Å². The molecule has 0 aromatic heterocycles. The Hall–Kier alpha value is -0.0400. The second-order valence-electron chi connectivity index (χ2n) is 7.08. The van der Waals surface area contributed by atoms with Crippen molar-refractivity contribution in [2.45, 2.75) is 103 Å². The maximum atomic E-state index is 5.51. The maximum absolute atomic E-state index is 5.51. The van der Waals surface area contributed by atoms with Crippen molar-refractivity contribution in [3.8, 4) is 0 Å². The van der Waals surface area contributed by atoms with Crippen molar-refractivity contribution in [2.24, 2.45) is 17.6 Å². The van der Waals surface area contributed by atoms with Crippen LogP contribution in [0.4, 0.5) is 0 Å². The molecule has 1 aliphatic carbocycles. The molecule has 0 aromatic rings. The van der Waals surface area contributed by atoms with Gasteiger partial charge in [0.25, 0.3) is 0 Å². The van der Waals surface area contributed by atoms with Crippen LogP contribution in [0.15, 0.2) is 0 Å². The molecule has 0 bridgehead atoms. The molecule has 1 rings (SSSR count). The third-order valence-electron chi connectivity index (χ3n) is 5.23. The molecule has 0 atom stereocenters. The molecule has 0 aliphatic heterocycles. The first-order chi connectivity index (χ1) is 9.86. The quantitative estimate of drug-likeness (QED) is 0.432. The summed E-state index contributed by atoms with van der Waals surface area (Å²) in [5.41, 5.74) is 5.51. The summed E-state index contributed by atoms with van der Waals surface area (Å²) < 4.78 is 0. The van der Waals surface area contributed by atoms with Crippen LogP contribution in [0, 0.1) is 11.8 Å². The lowest BCUT2D eigenvalue weighted by molar-refractivity contribution is 0.247. The first-order valence-electron chi connectivity index (χ1n) is 9.56. The Morgan fingerprint density at radius 2 is 1.10 bits per heavy atom. The molecule has 0 spiro atoms. The van der Waals surface area contributed by atoms with E-state index in [4.69, 9.17) is 5.73 Å². The summed E-state index contributed by atoms with van der Waals surface area (Å²) >= 11 is 0. The van der Waals surface area contributed by atoms with E-state index in [2.05, 4.69) is 6.92 Å². The summed E-state index contributed by atoms with van der Waals surface area (Å²) in [6.07, 6.45) is 21.8. The fraction of sp³-hybridized carbons (Fsp3) is 1.00. The number of rotatable bonds is 12. The molecule has 1 fully saturated rings. The van der Waals surface area contributed by atoms with E-state index in [9.17, 15) is 0 Å². The molecule has 120 valence electrons. The maximum Gasteiger partial charge on any atom is -0.00773 e. The Morgan fingerprint density at radius 1 is 0.650 bits per heavy atom. The van der Waals surface area contributed by atoms with E-state index in [1.165, 1.54) is 96.3 Å². The molecule has 1 aliphatic rings. The van der Waals surface area contributed by atoms with E-state index in [0.717, 1.165) is 18.4 Å². The minimum absolute atomic E-state index is 0.875. The van der Waals surface area contributed by atoms with Gasteiger partial charge in [-0.3, -0.25) is 0 Å². The third kappa shape index (κ3) is 9.00. The van der Waals surface area contributed by atoms with Crippen molar-refractivity contribution < 1.29 is 0 Å². The number of hydrogen-bond acceptors (Lipinski definition) is 1. The van der Waals surface area contributed by atoms with Gasteiger partial charge in [0.1, 0.15) is 0 Å². The molecule has 1 nitrogen and oxygen atoms in total. The number of nitrogens with two attached hydrogens (primary N) is 1. The molecule has 20 heavy (non-hydrogen) atoms. The largest absolute Gasteiger partial charge is 0.330 e. The van der Waals surface area contributed by atoms with Crippen LogP contribution >= 0.6 is 0 Å². The minimum Gasteiger partial charge on any atom is -0.330 e. The third-order valence-corrected chi connectivity index (χ3v) is 5.23. The molecule has 1 saturated carbocycles. The van der Waals surface area contributed by atoms with Crippen molar-refractivity contribution in [1.82, 2.24) is 0 Å². The second-order valence-corrected chi connectivity index (χ2v) is 7.08. The lowest BCUT2D eigenvalue weighted by Crippen LogP contribution is -2.14. The zero-order valence-electron chi connectivity index (χ0n) is 14.0. The van der Waals surface area contributed by atoms with E-state index in [-0.39, 0.29) is 0 Å². The molecule has 0 saturated heterocycles. The highest BCUT2D eigenvalue weighted by molar-refractivity contribution is 4.72. The Labute approximate surface area is 128 Å². The second kappa shape index (κ2) is 12.7. The first-order valence-corrected chi connectivity index (χ1v) is 9.56. The van der Waals surface area contributed by atoms with Crippen LogP contribution in [0.3, 0.4) is 0 Å². The van der Waals surface area contributed by atoms with Gasteiger partial charge in [-0.05, 0) is 24.8 Å². The lowest BCUT2D eigenvalue weighted by atomic mass is 9.78. The van der Waals surface area contributed by atoms with Gasteiger partial charge >= 0.3 is 0 Å². The summed E-state index contributed by atoms with van der Waals surface area (Å²) in [5.74, 6) is 2.15. The van der Waals surface area contributed by atoms with Crippen LogP contribution < -0.4 is 5.73 Å². The summed E-state index contributed by atoms with van der Waals surface area (Å²) in [6.45, 7) is 3.21. The monoisotopic (exact) mass is 281 g/mol. The highest BCUT2D eigenvalue weighted by Crippen LogP contribution is 2.34. The molecule has 0 heterocycles. The Morgan fingerprint density at radius 3 is 1.60 bits per heavy atom. The summed E-state index contributed by atoms with van der Waals surface area (Å²) in [6, 6.07) is 0. The predicted octanol–water partition coefficient (Wildman–Crippen LogP) is 6.06. The van der Waals surface area contributed by atoms with Crippen molar-refractivity contribution in [2.75, 3.05) is 6.54 Å². The molecule has 2 N–H and O–H groups in total. The standard InChI is InChI=1S/C19H39N/c1-2-11-18-13-15-19(16-14-18)12-9-7-5-3-4-6-8-10-17-20/h18-19H,2-17,20H2,1H3. The smallest absolute Gasteiger partial charge is 0.00773 e. The van der Waals surface area contributed by atoms with Crippen molar-refractivity contribution >= 4 is 0 Å². The van der Waals surface area contributed by atoms with E-state index in [1.807, 2.05) is 0 Å². The molecule has 1 heteroatoms. The van der Waals surface area contributed by atoms with Gasteiger partial charge in [-0.2, -0.15) is 0 Å². The zero-order valence-corrected chi connectivity index (χ0v) is 14.0. The van der Waals surface area contributed by atoms with Crippen molar-refractivity contribution in [3.05, 3.63) is 0 Å². The van der Waals surface area contributed by atoms with Crippen LogP contribution in [0.5, 0.6) is 0 Å². The minimum atomic E-state index is 0.875. The van der Waals surface area contributed by atoms with Gasteiger partial charge in [-0.15, -0.1) is 0 Å². The first kappa shape index (κ1) is 18.0. The van der Waals surface area contributed by atoms with Gasteiger partial charge in [-0.25, -0.2) is 0 Å². The van der Waals surface area contributed by atoms with Gasteiger partial charge in [0.15, 0.2) is 0 Å². The molecule has 0 unspecified atom stereocenters. The Bertz CT molecular complexity index is 194. The summed E-state index contributed by atoms with van der Waals surface area (Å²) in [4.78, 5) is 0. The lowest BCUT2D eigenvalue weighted by Gasteiger charge is -2.28. The highest BCUT2D eigenvalue weighted by atomic mass is 14.5. The SMILES string of the molecule is CCCC1CCC(CCCCCCCCCCN)CC1. The zero-order chi connectivity index (χ0) is 14.5. The van der Waals surface area contributed by atoms with Crippen LogP contribution in [-0.2, 0) is 0 Å². The number of unbranched alkanes of at least 4 members (excludes halogenated alkanes) is 7. The van der Waals surface area contributed by atoms with Crippen molar-refractivity contribution in [3.63, 3.8) is 0 Å². The fourth-order valence-electron chi connectivity index (χ4n) is 3.86. The van der Waals surface area contributed by atoms with Gasteiger partial charge < -0.3 is 5.73 Å². The van der Waals surface area contributed by atoms with E-state index >= 15 is 0 Å². The Balaban J connectivity index is 1.83. The van der Waals surface area contributed by atoms with Crippen molar-refractivity contribution in [1.29, 1.82) is 0 Å². The normalized spacial score (nSPS) is 23.1. The van der Waals surface area contributed by atoms with Crippen LogP contribution in [0.1, 0.15) is 103 Å². The topological polar surface area (TPSA) is 26.0 Å². The predicted molar refractivity (Wildman–Crippen MR) is 91.0 cm³/mol. The van der Waals surface area contributed by atoms with Gasteiger partial charge in [0.05, 0.1) is 0 Å². The molecule has 0 radical (unpaired) electrons. The van der Waals surface area contributed by atoms with E-state index in [1.54, 1.807) is 0 Å².